The van der Waals surface area contributed by atoms with Gasteiger partial charge in [-0.2, -0.15) is 0 Å². The SMILES string of the molecule is CC(=O)COc1cccc2c1CCCC2. The average molecular weight is 204 g/mol. The zero-order valence-corrected chi connectivity index (χ0v) is 9.08. The normalized spacial score (nSPS) is 14.5. The lowest BCUT2D eigenvalue weighted by Crippen LogP contribution is -2.10. The first-order chi connectivity index (χ1) is 7.27. The van der Waals surface area contributed by atoms with Gasteiger partial charge < -0.3 is 4.74 Å². The third-order valence-corrected chi connectivity index (χ3v) is 2.78. The van der Waals surface area contributed by atoms with Gasteiger partial charge >= 0.3 is 0 Å². The molecule has 0 N–H and O–H groups in total. The largest absolute Gasteiger partial charge is 0.486 e. The minimum Gasteiger partial charge on any atom is -0.486 e. The van der Waals surface area contributed by atoms with E-state index in [1.807, 2.05) is 12.1 Å². The molecular formula is C13H16O2. The van der Waals surface area contributed by atoms with Crippen LogP contribution >= 0.6 is 0 Å². The van der Waals surface area contributed by atoms with Crippen LogP contribution in [0.3, 0.4) is 0 Å². The van der Waals surface area contributed by atoms with Crippen molar-refractivity contribution < 1.29 is 9.53 Å². The molecule has 0 spiro atoms. The van der Waals surface area contributed by atoms with Crippen LogP contribution in [0, 0.1) is 0 Å². The quantitative estimate of drug-likeness (QED) is 0.756. The van der Waals surface area contributed by atoms with E-state index in [2.05, 4.69) is 6.07 Å². The van der Waals surface area contributed by atoms with E-state index in [0.717, 1.165) is 18.6 Å². The minimum atomic E-state index is 0.0726. The Hall–Kier alpha value is -1.31. The molecular weight excluding hydrogens is 188 g/mol. The van der Waals surface area contributed by atoms with Crippen molar-refractivity contribution in [2.24, 2.45) is 0 Å². The number of benzene rings is 1. The van der Waals surface area contributed by atoms with E-state index in [0.29, 0.717) is 0 Å². The second-order valence-corrected chi connectivity index (χ2v) is 4.09. The Balaban J connectivity index is 2.19. The van der Waals surface area contributed by atoms with E-state index in [9.17, 15) is 4.79 Å². The van der Waals surface area contributed by atoms with Crippen LogP contribution in [0.25, 0.3) is 0 Å². The zero-order valence-electron chi connectivity index (χ0n) is 9.08. The van der Waals surface area contributed by atoms with Gasteiger partial charge in [0.05, 0.1) is 0 Å². The van der Waals surface area contributed by atoms with Gasteiger partial charge in [0, 0.05) is 0 Å². The fourth-order valence-corrected chi connectivity index (χ4v) is 2.06. The molecule has 2 nitrogen and oxygen atoms in total. The Bertz CT molecular complexity index is 369. The molecule has 0 bridgehead atoms. The summed E-state index contributed by atoms with van der Waals surface area (Å²) in [6.45, 7) is 1.74. The molecule has 1 aromatic carbocycles. The number of ketones is 1. The van der Waals surface area contributed by atoms with Crippen molar-refractivity contribution in [3.63, 3.8) is 0 Å². The highest BCUT2D eigenvalue weighted by molar-refractivity contribution is 5.77. The fraction of sp³-hybridized carbons (Fsp3) is 0.462. The summed E-state index contributed by atoms with van der Waals surface area (Å²) in [4.78, 5) is 10.9. The lowest BCUT2D eigenvalue weighted by molar-refractivity contribution is -0.118. The summed E-state index contributed by atoms with van der Waals surface area (Å²) < 4.78 is 5.52. The lowest BCUT2D eigenvalue weighted by Gasteiger charge is -2.18. The number of carbonyl (C=O) groups excluding carboxylic acids is 1. The van der Waals surface area contributed by atoms with Crippen molar-refractivity contribution in [2.45, 2.75) is 32.6 Å². The molecule has 2 heteroatoms. The molecule has 0 fully saturated rings. The Labute approximate surface area is 90.3 Å². The van der Waals surface area contributed by atoms with Gasteiger partial charge in [0.1, 0.15) is 12.4 Å². The number of fused-ring (bicyclic) bond motifs is 1. The highest BCUT2D eigenvalue weighted by atomic mass is 16.5. The van der Waals surface area contributed by atoms with Crippen LogP contribution in [0.4, 0.5) is 0 Å². The van der Waals surface area contributed by atoms with E-state index >= 15 is 0 Å². The Morgan fingerprint density at radius 2 is 2.13 bits per heavy atom. The summed E-state index contributed by atoms with van der Waals surface area (Å²) in [5.74, 6) is 0.978. The topological polar surface area (TPSA) is 26.3 Å². The van der Waals surface area contributed by atoms with Gasteiger partial charge in [0.15, 0.2) is 5.78 Å². The Morgan fingerprint density at radius 1 is 1.33 bits per heavy atom. The number of carbonyl (C=O) groups is 1. The maximum Gasteiger partial charge on any atom is 0.167 e. The number of hydrogen-bond acceptors (Lipinski definition) is 2. The molecule has 1 aromatic rings. The Kier molecular flexibility index (Phi) is 3.05. The number of Topliss-reactive ketones (excluding diaryl/α,β-unsaturated/α-hetero) is 1. The van der Waals surface area contributed by atoms with Crippen LogP contribution in [0.5, 0.6) is 5.75 Å². The zero-order chi connectivity index (χ0) is 10.7. The van der Waals surface area contributed by atoms with Crippen molar-refractivity contribution >= 4 is 5.78 Å². The minimum absolute atomic E-state index is 0.0726. The lowest BCUT2D eigenvalue weighted by atomic mass is 9.91. The standard InChI is InChI=1S/C13H16O2/c1-10(14)9-15-13-8-4-6-11-5-2-3-7-12(11)13/h4,6,8H,2-3,5,7,9H2,1H3. The van der Waals surface area contributed by atoms with Crippen molar-refractivity contribution in [3.05, 3.63) is 29.3 Å². The van der Waals surface area contributed by atoms with Crippen LogP contribution in [0.15, 0.2) is 18.2 Å². The van der Waals surface area contributed by atoms with Gasteiger partial charge in [0.2, 0.25) is 0 Å². The van der Waals surface area contributed by atoms with Gasteiger partial charge in [-0.1, -0.05) is 12.1 Å². The van der Waals surface area contributed by atoms with Crippen LogP contribution in [0.2, 0.25) is 0 Å². The van der Waals surface area contributed by atoms with Crippen LogP contribution in [-0.4, -0.2) is 12.4 Å². The van der Waals surface area contributed by atoms with E-state index < -0.39 is 0 Å². The fourth-order valence-electron chi connectivity index (χ4n) is 2.06. The van der Waals surface area contributed by atoms with E-state index in [-0.39, 0.29) is 12.4 Å². The summed E-state index contributed by atoms with van der Waals surface area (Å²) in [6.07, 6.45) is 4.73. The summed E-state index contributed by atoms with van der Waals surface area (Å²) in [5, 5.41) is 0. The molecule has 1 aliphatic carbocycles. The average Bonchev–Trinajstić information content (AvgIpc) is 2.26. The molecule has 0 radical (unpaired) electrons. The van der Waals surface area contributed by atoms with Crippen LogP contribution < -0.4 is 4.74 Å². The van der Waals surface area contributed by atoms with Gasteiger partial charge in [-0.05, 0) is 49.8 Å². The highest BCUT2D eigenvalue weighted by Gasteiger charge is 2.13. The number of rotatable bonds is 3. The van der Waals surface area contributed by atoms with Gasteiger partial charge in [0.25, 0.3) is 0 Å². The first-order valence-corrected chi connectivity index (χ1v) is 5.50. The molecule has 0 aromatic heterocycles. The summed E-state index contributed by atoms with van der Waals surface area (Å²) in [6, 6.07) is 6.14. The predicted octanol–water partition coefficient (Wildman–Crippen LogP) is 2.53. The van der Waals surface area contributed by atoms with Gasteiger partial charge in [-0.3, -0.25) is 4.79 Å². The number of ether oxygens (including phenoxy) is 1. The molecule has 80 valence electrons. The van der Waals surface area contributed by atoms with E-state index in [4.69, 9.17) is 4.74 Å². The molecule has 0 aliphatic heterocycles. The van der Waals surface area contributed by atoms with Crippen molar-refractivity contribution in [2.75, 3.05) is 6.61 Å². The second kappa shape index (κ2) is 4.47. The number of aryl methyl sites for hydroxylation is 1. The molecule has 0 unspecified atom stereocenters. The molecule has 0 saturated carbocycles. The molecule has 2 rings (SSSR count). The highest BCUT2D eigenvalue weighted by Crippen LogP contribution is 2.29. The molecule has 0 atom stereocenters. The number of hydrogen-bond donors (Lipinski definition) is 0. The molecule has 0 heterocycles. The monoisotopic (exact) mass is 204 g/mol. The van der Waals surface area contributed by atoms with Crippen molar-refractivity contribution in [3.8, 4) is 5.75 Å². The first kappa shape index (κ1) is 10.2. The predicted molar refractivity (Wildman–Crippen MR) is 59.3 cm³/mol. The summed E-state index contributed by atoms with van der Waals surface area (Å²) in [7, 11) is 0. The van der Waals surface area contributed by atoms with Crippen molar-refractivity contribution in [1.82, 2.24) is 0 Å². The molecule has 15 heavy (non-hydrogen) atoms. The summed E-state index contributed by atoms with van der Waals surface area (Å²) in [5.41, 5.74) is 2.70. The third-order valence-electron chi connectivity index (χ3n) is 2.78. The van der Waals surface area contributed by atoms with E-state index in [1.165, 1.54) is 24.0 Å². The first-order valence-electron chi connectivity index (χ1n) is 5.50. The van der Waals surface area contributed by atoms with Gasteiger partial charge in [-0.15, -0.1) is 0 Å². The molecule has 0 saturated heterocycles. The Morgan fingerprint density at radius 3 is 2.93 bits per heavy atom. The molecule has 1 aliphatic rings. The van der Waals surface area contributed by atoms with Crippen LogP contribution in [-0.2, 0) is 17.6 Å². The summed E-state index contributed by atoms with van der Waals surface area (Å²) >= 11 is 0. The second-order valence-electron chi connectivity index (χ2n) is 4.09. The van der Waals surface area contributed by atoms with Crippen molar-refractivity contribution in [1.29, 1.82) is 0 Å². The van der Waals surface area contributed by atoms with Gasteiger partial charge in [-0.25, -0.2) is 0 Å². The maximum atomic E-state index is 10.9. The third kappa shape index (κ3) is 2.38. The van der Waals surface area contributed by atoms with E-state index in [1.54, 1.807) is 6.92 Å². The van der Waals surface area contributed by atoms with Crippen LogP contribution in [0.1, 0.15) is 30.9 Å². The smallest absolute Gasteiger partial charge is 0.167 e. The maximum absolute atomic E-state index is 10.9. The molecule has 0 amide bonds.